The molecule has 4 nitrogen and oxygen atoms in total. The molecule has 0 bridgehead atoms. The van der Waals surface area contributed by atoms with Crippen molar-refractivity contribution in [2.45, 2.75) is 32.1 Å². The summed E-state index contributed by atoms with van der Waals surface area (Å²) in [5.41, 5.74) is 2.66. The lowest BCUT2D eigenvalue weighted by atomic mass is 9.90. The molecule has 1 fully saturated rings. The zero-order valence-corrected chi connectivity index (χ0v) is 14.9. The average Bonchev–Trinajstić information content (AvgIpc) is 2.68. The fourth-order valence-electron chi connectivity index (χ4n) is 3.36. The van der Waals surface area contributed by atoms with Crippen LogP contribution in [0.5, 0.6) is 0 Å². The molecule has 0 aromatic heterocycles. The summed E-state index contributed by atoms with van der Waals surface area (Å²) >= 11 is 0. The Balaban J connectivity index is 1.39. The minimum atomic E-state index is -0.370. The molecule has 3 rings (SSSR count). The van der Waals surface area contributed by atoms with Gasteiger partial charge in [0.15, 0.2) is 0 Å². The van der Waals surface area contributed by atoms with Crippen molar-refractivity contribution in [1.82, 2.24) is 4.90 Å². The Kier molecular flexibility index (Phi) is 6.27. The number of likely N-dealkylation sites (tertiary alicyclic amines) is 1. The molecule has 0 amide bonds. The molecule has 1 saturated heterocycles. The average molecular weight is 348 g/mol. The molecule has 2 aromatic rings. The van der Waals surface area contributed by atoms with E-state index in [1.165, 1.54) is 24.8 Å². The number of piperidine rings is 1. The van der Waals surface area contributed by atoms with Gasteiger partial charge in [0.2, 0.25) is 0 Å². The van der Waals surface area contributed by atoms with Gasteiger partial charge in [0.05, 0.1) is 4.92 Å². The van der Waals surface area contributed by atoms with Crippen molar-refractivity contribution in [2.75, 3.05) is 13.1 Å². The van der Waals surface area contributed by atoms with E-state index in [2.05, 4.69) is 47.2 Å². The third-order valence-electron chi connectivity index (χ3n) is 4.90. The van der Waals surface area contributed by atoms with E-state index >= 15 is 0 Å². The maximum absolute atomic E-state index is 10.7. The van der Waals surface area contributed by atoms with Gasteiger partial charge in [-0.05, 0) is 42.7 Å². The molecule has 26 heavy (non-hydrogen) atoms. The number of nitrogens with zero attached hydrogens (tertiary/aromatic N) is 2. The van der Waals surface area contributed by atoms with Crippen LogP contribution in [0.2, 0.25) is 0 Å². The van der Waals surface area contributed by atoms with Gasteiger partial charge in [-0.3, -0.25) is 10.1 Å². The fraction of sp³-hybridized carbons (Fsp3) is 0.364. The maximum Gasteiger partial charge on any atom is 0.269 e. The van der Waals surface area contributed by atoms with Gasteiger partial charge in [-0.25, -0.2) is 0 Å². The van der Waals surface area contributed by atoms with Crippen molar-refractivity contribution in [3.8, 4) is 12.0 Å². The van der Waals surface area contributed by atoms with E-state index in [0.717, 1.165) is 37.4 Å². The van der Waals surface area contributed by atoms with Crippen LogP contribution in [0.15, 0.2) is 54.6 Å². The molecule has 0 spiro atoms. The van der Waals surface area contributed by atoms with Gasteiger partial charge in [-0.1, -0.05) is 48.4 Å². The number of benzene rings is 2. The number of aryl methyl sites for hydroxylation is 1. The van der Waals surface area contributed by atoms with E-state index in [1.54, 1.807) is 12.1 Å². The van der Waals surface area contributed by atoms with Crippen molar-refractivity contribution >= 4 is 5.69 Å². The first-order valence-electron chi connectivity index (χ1n) is 9.21. The van der Waals surface area contributed by atoms with E-state index in [9.17, 15) is 10.1 Å². The van der Waals surface area contributed by atoms with Crippen molar-refractivity contribution in [3.05, 3.63) is 75.8 Å². The predicted octanol–water partition coefficient (Wildman–Crippen LogP) is 4.44. The Morgan fingerprint density at radius 2 is 1.69 bits per heavy atom. The number of rotatable bonds is 5. The summed E-state index contributed by atoms with van der Waals surface area (Å²) in [6.07, 6.45) is 5.18. The number of hydrogen-bond acceptors (Lipinski definition) is 3. The normalized spacial score (nSPS) is 14.5. The van der Waals surface area contributed by atoms with Crippen LogP contribution in [0.1, 0.15) is 30.4 Å². The van der Waals surface area contributed by atoms with Crippen LogP contribution < -0.4 is 0 Å². The first-order valence-corrected chi connectivity index (χ1v) is 9.21. The smallest absolute Gasteiger partial charge is 0.269 e. The van der Waals surface area contributed by atoms with E-state index < -0.39 is 0 Å². The van der Waals surface area contributed by atoms with Crippen LogP contribution in [0.3, 0.4) is 0 Å². The Morgan fingerprint density at radius 3 is 2.35 bits per heavy atom. The number of nitro benzene ring substituents is 1. The highest BCUT2D eigenvalue weighted by Crippen LogP contribution is 2.21. The highest BCUT2D eigenvalue weighted by atomic mass is 16.6. The third kappa shape index (κ3) is 5.35. The highest BCUT2D eigenvalue weighted by Gasteiger charge is 2.17. The molecular weight excluding hydrogens is 324 g/mol. The molecule has 0 N–H and O–H groups in total. The van der Waals surface area contributed by atoms with Gasteiger partial charge in [0.1, 0.15) is 0 Å². The molecule has 0 unspecified atom stereocenters. The van der Waals surface area contributed by atoms with E-state index in [-0.39, 0.29) is 10.6 Å². The summed E-state index contributed by atoms with van der Waals surface area (Å²) in [5, 5.41) is 10.7. The first kappa shape index (κ1) is 18.0. The van der Waals surface area contributed by atoms with Crippen molar-refractivity contribution in [2.24, 2.45) is 5.92 Å². The first-order chi connectivity index (χ1) is 12.7. The lowest BCUT2D eigenvalue weighted by Gasteiger charge is -2.29. The second-order valence-corrected chi connectivity index (χ2v) is 6.83. The largest absolute Gasteiger partial charge is 0.333 e. The number of nitro groups is 1. The van der Waals surface area contributed by atoms with Crippen LogP contribution in [0.4, 0.5) is 5.69 Å². The summed E-state index contributed by atoms with van der Waals surface area (Å²) in [4.78, 5) is 12.5. The Morgan fingerprint density at radius 1 is 1.00 bits per heavy atom. The zero-order chi connectivity index (χ0) is 18.2. The topological polar surface area (TPSA) is 46.4 Å². The molecular formula is C22H24N2O2. The van der Waals surface area contributed by atoms with Crippen LogP contribution >= 0.6 is 0 Å². The molecule has 134 valence electrons. The Bertz CT molecular complexity index is 767. The summed E-state index contributed by atoms with van der Waals surface area (Å²) in [6, 6.07) is 20.7. The number of non-ortho nitro benzene ring substituents is 1. The van der Waals surface area contributed by atoms with Gasteiger partial charge in [0, 0.05) is 37.7 Å². The second-order valence-electron chi connectivity index (χ2n) is 6.83. The molecule has 2 aromatic carbocycles. The van der Waals surface area contributed by atoms with Crippen LogP contribution in [0, 0.1) is 28.0 Å². The maximum atomic E-state index is 10.7. The lowest BCUT2D eigenvalue weighted by molar-refractivity contribution is -0.384. The molecule has 0 radical (unpaired) electrons. The monoisotopic (exact) mass is 348 g/mol. The van der Waals surface area contributed by atoms with Crippen molar-refractivity contribution < 1.29 is 4.92 Å². The van der Waals surface area contributed by atoms with Crippen LogP contribution in [-0.4, -0.2) is 22.9 Å². The minimum absolute atomic E-state index is 0.137. The molecule has 4 heteroatoms. The predicted molar refractivity (Wildman–Crippen MR) is 104 cm³/mol. The molecule has 1 heterocycles. The van der Waals surface area contributed by atoms with E-state index in [0.29, 0.717) is 0 Å². The zero-order valence-electron chi connectivity index (χ0n) is 14.9. The molecule has 1 aliphatic rings. The van der Waals surface area contributed by atoms with Gasteiger partial charge < -0.3 is 4.90 Å². The fourth-order valence-corrected chi connectivity index (χ4v) is 3.36. The minimum Gasteiger partial charge on any atom is -0.333 e. The Hall–Kier alpha value is -2.80. The quantitative estimate of drug-likeness (QED) is 0.456. The van der Waals surface area contributed by atoms with Gasteiger partial charge >= 0.3 is 0 Å². The highest BCUT2D eigenvalue weighted by molar-refractivity contribution is 5.33. The van der Waals surface area contributed by atoms with Crippen molar-refractivity contribution in [1.29, 1.82) is 0 Å². The standard InChI is InChI=1S/C22H24N2O2/c25-24(26)22-11-9-19(10-12-22)6-4-5-15-23-16-13-21(14-17-23)18-20-7-2-1-3-8-20/h1-3,7-12,21H,4,6,13-14,16-18H2. The molecule has 0 saturated carbocycles. The molecule has 1 aliphatic heterocycles. The van der Waals surface area contributed by atoms with E-state index in [1.807, 2.05) is 12.1 Å². The Labute approximate surface area is 155 Å². The third-order valence-corrected chi connectivity index (χ3v) is 4.90. The van der Waals surface area contributed by atoms with Gasteiger partial charge in [-0.2, -0.15) is 0 Å². The summed E-state index contributed by atoms with van der Waals surface area (Å²) < 4.78 is 0. The summed E-state index contributed by atoms with van der Waals surface area (Å²) in [6.45, 7) is 2.09. The van der Waals surface area contributed by atoms with E-state index in [4.69, 9.17) is 0 Å². The lowest BCUT2D eigenvalue weighted by Crippen LogP contribution is -2.30. The van der Waals surface area contributed by atoms with Crippen LogP contribution in [-0.2, 0) is 12.8 Å². The van der Waals surface area contributed by atoms with Gasteiger partial charge in [0.25, 0.3) is 5.69 Å². The molecule has 0 atom stereocenters. The SMILES string of the molecule is O=[N+]([O-])c1ccc(CCC#CN2CCC(Cc3ccccc3)CC2)cc1. The number of hydrogen-bond donors (Lipinski definition) is 0. The van der Waals surface area contributed by atoms with Gasteiger partial charge in [-0.15, -0.1) is 0 Å². The molecule has 0 aliphatic carbocycles. The summed E-state index contributed by atoms with van der Waals surface area (Å²) in [7, 11) is 0. The second kappa shape index (κ2) is 9.05. The van der Waals surface area contributed by atoms with Crippen molar-refractivity contribution in [3.63, 3.8) is 0 Å². The summed E-state index contributed by atoms with van der Waals surface area (Å²) in [5.74, 6) is 4.01. The van der Waals surface area contributed by atoms with Crippen LogP contribution in [0.25, 0.3) is 0 Å².